The van der Waals surface area contributed by atoms with E-state index in [1.165, 1.54) is 6.07 Å². The number of nitrogens with one attached hydrogen (secondary N) is 1. The molecule has 1 aliphatic carbocycles. The lowest BCUT2D eigenvalue weighted by molar-refractivity contribution is -0.144. The normalized spacial score (nSPS) is 21.3. The highest BCUT2D eigenvalue weighted by atomic mass is 35.5. The molecule has 1 heterocycles. The number of alkyl halides is 3. The molecule has 0 bridgehead atoms. The van der Waals surface area contributed by atoms with Gasteiger partial charge in [0.25, 0.3) is 0 Å². The number of anilines is 1. The van der Waals surface area contributed by atoms with Crippen molar-refractivity contribution in [3.05, 3.63) is 17.0 Å². The smallest absolute Gasteiger partial charge is 0.366 e. The van der Waals surface area contributed by atoms with Gasteiger partial charge in [0, 0.05) is 12.1 Å². The van der Waals surface area contributed by atoms with Gasteiger partial charge < -0.3 is 5.32 Å². The third kappa shape index (κ3) is 2.38. The SMILES string of the molecule is CC1(C)C(Nc2cc(Cl)nc(C(F)(F)F)n2)C1(C)C. The van der Waals surface area contributed by atoms with Crippen LogP contribution < -0.4 is 5.32 Å². The summed E-state index contributed by atoms with van der Waals surface area (Å²) in [5, 5.41) is 2.79. The van der Waals surface area contributed by atoms with Crippen molar-refractivity contribution in [2.45, 2.75) is 39.9 Å². The molecule has 0 atom stereocenters. The molecular weight excluding hydrogens is 279 g/mol. The van der Waals surface area contributed by atoms with Crippen LogP contribution in [0.1, 0.15) is 33.5 Å². The summed E-state index contributed by atoms with van der Waals surface area (Å²) in [4.78, 5) is 6.68. The predicted octanol–water partition coefficient (Wildman–Crippen LogP) is 4.00. The van der Waals surface area contributed by atoms with Gasteiger partial charge in [-0.05, 0) is 10.8 Å². The Balaban J connectivity index is 2.26. The first-order valence-corrected chi connectivity index (χ1v) is 6.22. The molecule has 1 aromatic heterocycles. The van der Waals surface area contributed by atoms with Crippen molar-refractivity contribution in [3.8, 4) is 0 Å². The van der Waals surface area contributed by atoms with Gasteiger partial charge in [-0.1, -0.05) is 39.3 Å². The van der Waals surface area contributed by atoms with Crippen molar-refractivity contribution < 1.29 is 13.2 Å². The standard InChI is InChI=1S/C12H15ClF3N3/c1-10(2)8(11(10,3)4)18-7-5-6(13)17-9(19-7)12(14,15)16/h5,8H,1-4H3,(H,17,18,19). The average Bonchev–Trinajstić information content (AvgIpc) is 2.59. The molecule has 19 heavy (non-hydrogen) atoms. The van der Waals surface area contributed by atoms with Gasteiger partial charge in [0.15, 0.2) is 0 Å². The van der Waals surface area contributed by atoms with Gasteiger partial charge in [0.1, 0.15) is 11.0 Å². The van der Waals surface area contributed by atoms with Crippen LogP contribution >= 0.6 is 11.6 Å². The van der Waals surface area contributed by atoms with Crippen molar-refractivity contribution in [1.29, 1.82) is 0 Å². The lowest BCUT2D eigenvalue weighted by Crippen LogP contribution is -2.16. The molecule has 1 aliphatic rings. The van der Waals surface area contributed by atoms with Crippen molar-refractivity contribution in [3.63, 3.8) is 0 Å². The number of halogens is 4. The Hall–Kier alpha value is -1.04. The van der Waals surface area contributed by atoms with E-state index < -0.39 is 12.0 Å². The number of aromatic nitrogens is 2. The van der Waals surface area contributed by atoms with Gasteiger partial charge in [-0.2, -0.15) is 13.2 Å². The van der Waals surface area contributed by atoms with Crippen molar-refractivity contribution in [2.24, 2.45) is 10.8 Å². The zero-order chi connectivity index (χ0) is 14.6. The molecule has 0 radical (unpaired) electrons. The molecule has 2 rings (SSSR count). The lowest BCUT2D eigenvalue weighted by atomic mass is 10.0. The molecule has 0 unspecified atom stereocenters. The van der Waals surface area contributed by atoms with Crippen LogP contribution in [0.4, 0.5) is 19.0 Å². The molecule has 0 aliphatic heterocycles. The van der Waals surface area contributed by atoms with Crippen molar-refractivity contribution >= 4 is 17.4 Å². The highest BCUT2D eigenvalue weighted by molar-refractivity contribution is 6.29. The second kappa shape index (κ2) is 3.98. The fourth-order valence-corrected chi connectivity index (χ4v) is 2.51. The maximum atomic E-state index is 12.6. The fourth-order valence-electron chi connectivity index (χ4n) is 2.32. The summed E-state index contributed by atoms with van der Waals surface area (Å²) in [6.07, 6.45) is -4.60. The first kappa shape index (κ1) is 14.4. The Morgan fingerprint density at radius 2 is 1.68 bits per heavy atom. The summed E-state index contributed by atoms with van der Waals surface area (Å²) in [6.45, 7) is 8.21. The molecule has 3 nitrogen and oxygen atoms in total. The minimum Gasteiger partial charge on any atom is -0.366 e. The van der Waals surface area contributed by atoms with E-state index in [1.807, 2.05) is 0 Å². The highest BCUT2D eigenvalue weighted by Gasteiger charge is 2.65. The van der Waals surface area contributed by atoms with Crippen LogP contribution in [0.2, 0.25) is 5.15 Å². The van der Waals surface area contributed by atoms with Crippen LogP contribution in [0.25, 0.3) is 0 Å². The Kier molecular flexibility index (Phi) is 3.01. The van der Waals surface area contributed by atoms with E-state index in [-0.39, 0.29) is 27.8 Å². The lowest BCUT2D eigenvalue weighted by Gasteiger charge is -2.10. The molecule has 1 saturated carbocycles. The third-order valence-corrected chi connectivity index (χ3v) is 4.46. The van der Waals surface area contributed by atoms with Crippen LogP contribution in [0.5, 0.6) is 0 Å². The van der Waals surface area contributed by atoms with Gasteiger partial charge >= 0.3 is 6.18 Å². The first-order valence-electron chi connectivity index (χ1n) is 5.84. The summed E-state index contributed by atoms with van der Waals surface area (Å²) in [6, 6.07) is 1.36. The van der Waals surface area contributed by atoms with Gasteiger partial charge in [0.05, 0.1) is 0 Å². The number of nitrogens with zero attached hydrogens (tertiary/aromatic N) is 2. The van der Waals surface area contributed by atoms with Crippen molar-refractivity contribution in [2.75, 3.05) is 5.32 Å². The molecule has 0 spiro atoms. The van der Waals surface area contributed by atoms with E-state index in [0.29, 0.717) is 0 Å². The first-order chi connectivity index (χ1) is 8.46. The van der Waals surface area contributed by atoms with E-state index in [9.17, 15) is 13.2 Å². The summed E-state index contributed by atoms with van der Waals surface area (Å²) in [5.74, 6) is -1.12. The third-order valence-electron chi connectivity index (χ3n) is 4.26. The Bertz CT molecular complexity index is 497. The van der Waals surface area contributed by atoms with Gasteiger partial charge in [0.2, 0.25) is 5.82 Å². The molecule has 0 saturated heterocycles. The summed E-state index contributed by atoms with van der Waals surface area (Å²) < 4.78 is 37.8. The molecule has 106 valence electrons. The second-order valence-electron chi connectivity index (χ2n) is 5.92. The average molecular weight is 294 g/mol. The molecule has 1 aromatic rings. The summed E-state index contributed by atoms with van der Waals surface area (Å²) >= 11 is 5.61. The van der Waals surface area contributed by atoms with Gasteiger partial charge in [-0.25, -0.2) is 9.97 Å². The van der Waals surface area contributed by atoms with E-state index in [4.69, 9.17) is 11.6 Å². The number of hydrogen-bond donors (Lipinski definition) is 1. The Morgan fingerprint density at radius 3 is 2.11 bits per heavy atom. The highest BCUT2D eigenvalue weighted by Crippen LogP contribution is 2.63. The monoisotopic (exact) mass is 293 g/mol. The van der Waals surface area contributed by atoms with E-state index in [0.717, 1.165) is 0 Å². The van der Waals surface area contributed by atoms with Crippen LogP contribution in [0, 0.1) is 10.8 Å². The predicted molar refractivity (Wildman–Crippen MR) is 67.0 cm³/mol. The van der Waals surface area contributed by atoms with Crippen LogP contribution in [0.15, 0.2) is 6.07 Å². The van der Waals surface area contributed by atoms with Crippen LogP contribution in [-0.2, 0) is 6.18 Å². The zero-order valence-corrected chi connectivity index (χ0v) is 11.8. The maximum Gasteiger partial charge on any atom is 0.451 e. The maximum absolute atomic E-state index is 12.6. The second-order valence-corrected chi connectivity index (χ2v) is 6.31. The fraction of sp³-hybridized carbons (Fsp3) is 0.667. The van der Waals surface area contributed by atoms with Crippen molar-refractivity contribution in [1.82, 2.24) is 9.97 Å². The van der Waals surface area contributed by atoms with E-state index in [1.54, 1.807) is 0 Å². The molecule has 1 fully saturated rings. The largest absolute Gasteiger partial charge is 0.451 e. The minimum atomic E-state index is -4.60. The molecule has 0 aromatic carbocycles. The quantitative estimate of drug-likeness (QED) is 0.838. The van der Waals surface area contributed by atoms with E-state index in [2.05, 4.69) is 43.0 Å². The molecule has 0 amide bonds. The zero-order valence-electron chi connectivity index (χ0n) is 11.1. The number of hydrogen-bond acceptors (Lipinski definition) is 3. The van der Waals surface area contributed by atoms with E-state index >= 15 is 0 Å². The topological polar surface area (TPSA) is 37.8 Å². The minimum absolute atomic E-state index is 0.0111. The molecule has 7 heteroatoms. The van der Waals surface area contributed by atoms with Gasteiger partial charge in [-0.15, -0.1) is 0 Å². The molecular formula is C12H15ClF3N3. The molecule has 1 N–H and O–H groups in total. The number of rotatable bonds is 2. The summed E-state index contributed by atoms with van der Waals surface area (Å²) in [5.41, 5.74) is -0.0222. The Labute approximate surface area is 114 Å². The van der Waals surface area contributed by atoms with Gasteiger partial charge in [-0.3, -0.25) is 0 Å². The summed E-state index contributed by atoms with van der Waals surface area (Å²) in [7, 11) is 0. The Morgan fingerprint density at radius 1 is 1.16 bits per heavy atom. The van der Waals surface area contributed by atoms with Crippen LogP contribution in [-0.4, -0.2) is 16.0 Å². The van der Waals surface area contributed by atoms with Crippen LogP contribution in [0.3, 0.4) is 0 Å².